The number of benzene rings is 2. The summed E-state index contributed by atoms with van der Waals surface area (Å²) >= 11 is 6.24. The maximum Gasteiger partial charge on any atom is 0.416 e. The molecule has 4 aromatic rings. The van der Waals surface area contributed by atoms with E-state index in [2.05, 4.69) is 15.3 Å². The lowest BCUT2D eigenvalue weighted by atomic mass is 10.1. The number of aromatic nitrogens is 3. The molecule has 0 amide bonds. The molecule has 0 aliphatic rings. The number of aryl methyl sites for hydroxylation is 1. The van der Waals surface area contributed by atoms with Gasteiger partial charge in [-0.15, -0.1) is 0 Å². The van der Waals surface area contributed by atoms with Crippen molar-refractivity contribution in [1.82, 2.24) is 15.3 Å². The largest absolute Gasteiger partial charge is 0.416 e. The van der Waals surface area contributed by atoms with Gasteiger partial charge >= 0.3 is 6.18 Å². The van der Waals surface area contributed by atoms with Crippen molar-refractivity contribution < 1.29 is 22.2 Å². The fraction of sp³-hybridized carbons (Fsp3) is 0.105. The van der Waals surface area contributed by atoms with Gasteiger partial charge in [-0.25, -0.2) is 0 Å². The Labute approximate surface area is 161 Å². The number of hydrogen-bond donors (Lipinski definition) is 0. The molecule has 0 aliphatic heterocycles. The molecular weight excluding hydrogens is 395 g/mol. The van der Waals surface area contributed by atoms with Gasteiger partial charge in [0.2, 0.25) is 5.82 Å². The Morgan fingerprint density at radius 2 is 1.64 bits per heavy atom. The molecule has 0 bridgehead atoms. The fourth-order valence-corrected chi connectivity index (χ4v) is 2.94. The second-order valence-corrected chi connectivity index (χ2v) is 6.35. The Bertz CT molecular complexity index is 1130. The molecule has 28 heavy (non-hydrogen) atoms. The lowest BCUT2D eigenvalue weighted by molar-refractivity contribution is -0.137. The summed E-state index contributed by atoms with van der Waals surface area (Å²) in [6, 6.07) is 11.6. The second kappa shape index (κ2) is 6.79. The third-order valence-electron chi connectivity index (χ3n) is 4.10. The van der Waals surface area contributed by atoms with Crippen LogP contribution in [-0.4, -0.2) is 15.3 Å². The lowest BCUT2D eigenvalue weighted by Gasteiger charge is -2.05. The first-order chi connectivity index (χ1) is 13.3. The highest BCUT2D eigenvalue weighted by Crippen LogP contribution is 2.37. The molecule has 0 saturated heterocycles. The Morgan fingerprint density at radius 3 is 2.32 bits per heavy atom. The van der Waals surface area contributed by atoms with Crippen molar-refractivity contribution in [2.75, 3.05) is 0 Å². The van der Waals surface area contributed by atoms with Gasteiger partial charge in [0.1, 0.15) is 17.0 Å². The van der Waals surface area contributed by atoms with E-state index < -0.39 is 11.7 Å². The van der Waals surface area contributed by atoms with Crippen LogP contribution in [0.5, 0.6) is 0 Å². The Morgan fingerprint density at radius 1 is 0.929 bits per heavy atom. The normalized spacial score (nSPS) is 11.8. The van der Waals surface area contributed by atoms with Crippen LogP contribution in [0.25, 0.3) is 34.1 Å². The first-order valence-corrected chi connectivity index (χ1v) is 8.45. The average Bonchev–Trinajstić information content (AvgIpc) is 3.28. The molecule has 2 aromatic carbocycles. The molecule has 0 radical (unpaired) electrons. The molecular formula is C19H11ClF3N3O2. The average molecular weight is 406 g/mol. The summed E-state index contributed by atoms with van der Waals surface area (Å²) in [5.74, 6) is 0.718. The third kappa shape index (κ3) is 3.27. The van der Waals surface area contributed by atoms with Crippen LogP contribution in [0, 0.1) is 6.92 Å². The van der Waals surface area contributed by atoms with Gasteiger partial charge in [-0.3, -0.25) is 0 Å². The number of halogens is 4. The smallest absolute Gasteiger partial charge is 0.360 e. The quantitative estimate of drug-likeness (QED) is 0.415. The van der Waals surface area contributed by atoms with E-state index in [9.17, 15) is 13.2 Å². The predicted molar refractivity (Wildman–Crippen MR) is 95.4 cm³/mol. The summed E-state index contributed by atoms with van der Waals surface area (Å²) < 4.78 is 48.7. The molecule has 0 N–H and O–H groups in total. The highest BCUT2D eigenvalue weighted by Gasteiger charge is 2.30. The van der Waals surface area contributed by atoms with Crippen LogP contribution in [0.2, 0.25) is 5.02 Å². The van der Waals surface area contributed by atoms with Crippen molar-refractivity contribution in [2.24, 2.45) is 0 Å². The van der Waals surface area contributed by atoms with E-state index in [1.165, 1.54) is 12.1 Å². The van der Waals surface area contributed by atoms with Gasteiger partial charge in [0, 0.05) is 11.1 Å². The summed E-state index contributed by atoms with van der Waals surface area (Å²) in [6.45, 7) is 1.69. The zero-order chi connectivity index (χ0) is 19.9. The Kier molecular flexibility index (Phi) is 4.43. The van der Waals surface area contributed by atoms with Crippen LogP contribution in [0.15, 0.2) is 57.6 Å². The molecule has 4 rings (SSSR count). The topological polar surface area (TPSA) is 65.0 Å². The molecule has 0 unspecified atom stereocenters. The monoisotopic (exact) mass is 405 g/mol. The molecule has 0 fully saturated rings. The Balaban J connectivity index is 1.73. The van der Waals surface area contributed by atoms with Crippen molar-refractivity contribution in [2.45, 2.75) is 13.1 Å². The first kappa shape index (κ1) is 18.2. The van der Waals surface area contributed by atoms with Crippen molar-refractivity contribution >= 4 is 11.6 Å². The highest BCUT2D eigenvalue weighted by molar-refractivity contribution is 6.33. The maximum atomic E-state index is 12.7. The van der Waals surface area contributed by atoms with E-state index >= 15 is 0 Å². The third-order valence-corrected chi connectivity index (χ3v) is 4.43. The van der Waals surface area contributed by atoms with Gasteiger partial charge in [0.15, 0.2) is 0 Å². The second-order valence-electron chi connectivity index (χ2n) is 5.94. The lowest BCUT2D eigenvalue weighted by Crippen LogP contribution is -2.04. The number of hydrogen-bond acceptors (Lipinski definition) is 5. The summed E-state index contributed by atoms with van der Waals surface area (Å²) in [4.78, 5) is 4.29. The van der Waals surface area contributed by atoms with Gasteiger partial charge in [-0.2, -0.15) is 18.2 Å². The minimum atomic E-state index is -4.41. The van der Waals surface area contributed by atoms with Crippen LogP contribution in [0.3, 0.4) is 0 Å². The highest BCUT2D eigenvalue weighted by atomic mass is 35.5. The van der Waals surface area contributed by atoms with E-state index in [0.29, 0.717) is 33.2 Å². The molecule has 5 nitrogen and oxygen atoms in total. The molecule has 2 heterocycles. The predicted octanol–water partition coefficient (Wildman–Crippen LogP) is 6.04. The first-order valence-electron chi connectivity index (χ1n) is 8.07. The number of nitrogens with zero attached hydrogens (tertiary/aromatic N) is 3. The van der Waals surface area contributed by atoms with Crippen LogP contribution < -0.4 is 0 Å². The van der Waals surface area contributed by atoms with Crippen LogP contribution >= 0.6 is 11.6 Å². The minimum absolute atomic E-state index is 0.128. The van der Waals surface area contributed by atoms with E-state index in [4.69, 9.17) is 20.6 Å². The van der Waals surface area contributed by atoms with Crippen LogP contribution in [0.1, 0.15) is 11.3 Å². The number of alkyl halides is 3. The van der Waals surface area contributed by atoms with Crippen LogP contribution in [-0.2, 0) is 6.18 Å². The van der Waals surface area contributed by atoms with Gasteiger partial charge in [-0.05, 0) is 25.1 Å². The molecule has 2 aromatic heterocycles. The molecule has 0 aliphatic carbocycles. The van der Waals surface area contributed by atoms with Crippen molar-refractivity contribution in [3.05, 3.63) is 64.9 Å². The van der Waals surface area contributed by atoms with Crippen molar-refractivity contribution in [1.29, 1.82) is 0 Å². The van der Waals surface area contributed by atoms with Crippen molar-refractivity contribution in [3.63, 3.8) is 0 Å². The van der Waals surface area contributed by atoms with Gasteiger partial charge in [0.05, 0.1) is 10.6 Å². The van der Waals surface area contributed by atoms with Gasteiger partial charge in [-0.1, -0.05) is 52.2 Å². The molecule has 0 atom stereocenters. The van der Waals surface area contributed by atoms with E-state index in [-0.39, 0.29) is 11.7 Å². The fourth-order valence-electron chi connectivity index (χ4n) is 2.71. The number of rotatable bonds is 3. The standard InChI is InChI=1S/C19H11ClF3N3O2/c1-10-15(16(25-27-10)13-4-2-3-5-14(13)20)18-24-17(26-28-18)11-6-8-12(9-7-11)19(21,22)23/h2-9H,1H3. The summed E-state index contributed by atoms with van der Waals surface area (Å²) in [5.41, 5.74) is 1.17. The zero-order valence-corrected chi connectivity index (χ0v) is 15.0. The summed E-state index contributed by atoms with van der Waals surface area (Å²) in [6.07, 6.45) is -4.41. The van der Waals surface area contributed by atoms with E-state index in [1.54, 1.807) is 31.2 Å². The molecule has 9 heteroatoms. The SMILES string of the molecule is Cc1onc(-c2ccccc2Cl)c1-c1nc(-c2ccc(C(F)(F)F)cc2)no1. The van der Waals surface area contributed by atoms with Gasteiger partial charge < -0.3 is 9.05 Å². The van der Waals surface area contributed by atoms with Crippen LogP contribution in [0.4, 0.5) is 13.2 Å². The summed E-state index contributed by atoms with van der Waals surface area (Å²) in [7, 11) is 0. The van der Waals surface area contributed by atoms with E-state index in [0.717, 1.165) is 12.1 Å². The zero-order valence-electron chi connectivity index (χ0n) is 14.3. The Hall–Kier alpha value is -3.13. The summed E-state index contributed by atoms with van der Waals surface area (Å²) in [5, 5.41) is 8.37. The molecule has 142 valence electrons. The van der Waals surface area contributed by atoms with E-state index in [1.807, 2.05) is 0 Å². The molecule has 0 spiro atoms. The van der Waals surface area contributed by atoms with Gasteiger partial charge in [0.25, 0.3) is 5.89 Å². The maximum absolute atomic E-state index is 12.7. The molecule has 0 saturated carbocycles. The van der Waals surface area contributed by atoms with Crippen molar-refractivity contribution in [3.8, 4) is 34.1 Å². The minimum Gasteiger partial charge on any atom is -0.360 e.